The predicted octanol–water partition coefficient (Wildman–Crippen LogP) is 3.60. The zero-order chi connectivity index (χ0) is 21.6. The Morgan fingerprint density at radius 1 is 1.16 bits per heavy atom. The zero-order valence-corrected chi connectivity index (χ0v) is 16.9. The van der Waals surface area contributed by atoms with Gasteiger partial charge in [0.1, 0.15) is 5.75 Å². The molecular formula is C24H22N4O3. The van der Waals surface area contributed by atoms with E-state index in [2.05, 4.69) is 20.5 Å². The summed E-state index contributed by atoms with van der Waals surface area (Å²) in [7, 11) is 1.52. The van der Waals surface area contributed by atoms with Gasteiger partial charge in [-0.25, -0.2) is 0 Å². The normalized spacial score (nSPS) is 12.2. The van der Waals surface area contributed by atoms with Crippen LogP contribution in [0.3, 0.4) is 0 Å². The molecular weight excluding hydrogens is 392 g/mol. The largest absolute Gasteiger partial charge is 0.495 e. The Kier molecular flexibility index (Phi) is 6.05. The van der Waals surface area contributed by atoms with Crippen LogP contribution < -0.4 is 10.1 Å². The Bertz CT molecular complexity index is 1200. The van der Waals surface area contributed by atoms with Gasteiger partial charge in [0.2, 0.25) is 0 Å². The number of hydrogen-bond donors (Lipinski definition) is 3. The smallest absolute Gasteiger partial charge is 0.255 e. The van der Waals surface area contributed by atoms with Gasteiger partial charge in [-0.2, -0.15) is 5.10 Å². The van der Waals surface area contributed by atoms with Crippen molar-refractivity contribution < 1.29 is 14.6 Å². The zero-order valence-electron chi connectivity index (χ0n) is 16.9. The van der Waals surface area contributed by atoms with Crippen LogP contribution in [0.2, 0.25) is 0 Å². The van der Waals surface area contributed by atoms with E-state index in [0.29, 0.717) is 22.4 Å². The molecule has 7 nitrogen and oxygen atoms in total. The highest BCUT2D eigenvalue weighted by Gasteiger charge is 2.21. The summed E-state index contributed by atoms with van der Waals surface area (Å²) in [4.78, 5) is 17.2. The first kappa shape index (κ1) is 20.3. The van der Waals surface area contributed by atoms with Gasteiger partial charge in [-0.15, -0.1) is 0 Å². The summed E-state index contributed by atoms with van der Waals surface area (Å²) in [5, 5.41) is 20.7. The van der Waals surface area contributed by atoms with Gasteiger partial charge in [0.05, 0.1) is 41.9 Å². The molecule has 0 aliphatic heterocycles. The first-order valence-corrected chi connectivity index (χ1v) is 9.81. The van der Waals surface area contributed by atoms with Gasteiger partial charge in [-0.3, -0.25) is 14.9 Å². The number of pyridine rings is 1. The van der Waals surface area contributed by atoms with Gasteiger partial charge < -0.3 is 15.2 Å². The highest BCUT2D eigenvalue weighted by Crippen LogP contribution is 2.32. The minimum absolute atomic E-state index is 0.217. The maximum Gasteiger partial charge on any atom is 0.255 e. The van der Waals surface area contributed by atoms with Crippen molar-refractivity contribution in [3.05, 3.63) is 89.4 Å². The third-order valence-electron chi connectivity index (χ3n) is 4.97. The third kappa shape index (κ3) is 4.31. The standard InChI is InChI=1S/C24H22N4O3/c1-31-23-18(24(30)26-21(15-29)17-7-3-2-4-8-17)10-12-20-22(23)19(27-28-20)11-9-16-6-5-13-25-14-16/h2-14,21,29H,15H2,1H3,(H,26,30)(H,27,28)/b11-9+/t21-/m1/s1. The number of benzene rings is 2. The van der Waals surface area contributed by atoms with Crippen molar-refractivity contribution in [1.29, 1.82) is 0 Å². The van der Waals surface area contributed by atoms with Crippen LogP contribution in [-0.2, 0) is 0 Å². The topological polar surface area (TPSA) is 100 Å². The number of rotatable bonds is 7. The number of nitrogens with one attached hydrogen (secondary N) is 2. The second-order valence-electron chi connectivity index (χ2n) is 6.92. The van der Waals surface area contributed by atoms with E-state index in [1.165, 1.54) is 7.11 Å². The minimum atomic E-state index is -0.525. The van der Waals surface area contributed by atoms with E-state index >= 15 is 0 Å². The fourth-order valence-corrected chi connectivity index (χ4v) is 3.42. The van der Waals surface area contributed by atoms with Crippen molar-refractivity contribution in [2.24, 2.45) is 0 Å². The van der Waals surface area contributed by atoms with Crippen molar-refractivity contribution >= 4 is 29.0 Å². The van der Waals surface area contributed by atoms with Crippen molar-refractivity contribution in [3.8, 4) is 5.75 Å². The monoisotopic (exact) mass is 414 g/mol. The molecule has 2 heterocycles. The van der Waals surface area contributed by atoms with E-state index in [1.807, 2.05) is 54.6 Å². The number of fused-ring (bicyclic) bond motifs is 1. The van der Waals surface area contributed by atoms with E-state index in [-0.39, 0.29) is 12.5 Å². The molecule has 2 aromatic heterocycles. The first-order valence-electron chi connectivity index (χ1n) is 9.81. The number of ether oxygens (including phenoxy) is 1. The SMILES string of the molecule is COc1c(C(=O)N[C@H](CO)c2ccccc2)ccc2[nH]nc(/C=C/c3cccnc3)c12. The molecule has 3 N–H and O–H groups in total. The summed E-state index contributed by atoms with van der Waals surface area (Å²) in [6.45, 7) is -0.217. The number of aromatic amines is 1. The van der Waals surface area contributed by atoms with Crippen molar-refractivity contribution in [3.63, 3.8) is 0 Å². The molecule has 0 aliphatic carbocycles. The van der Waals surface area contributed by atoms with Gasteiger partial charge in [-0.1, -0.05) is 42.5 Å². The Hall–Kier alpha value is -3.97. The number of methoxy groups -OCH3 is 1. The summed E-state index contributed by atoms with van der Waals surface area (Å²) < 4.78 is 5.62. The first-order chi connectivity index (χ1) is 15.2. The number of amides is 1. The van der Waals surface area contributed by atoms with Gasteiger partial charge in [0.15, 0.2) is 0 Å². The lowest BCUT2D eigenvalue weighted by atomic mass is 10.0. The maximum atomic E-state index is 13.1. The van der Waals surface area contributed by atoms with Crippen LogP contribution in [0.1, 0.15) is 33.2 Å². The molecule has 0 aliphatic rings. The number of nitrogens with zero attached hydrogens (tertiary/aromatic N) is 2. The molecule has 4 rings (SSSR count). The van der Waals surface area contributed by atoms with E-state index in [9.17, 15) is 9.90 Å². The quantitative estimate of drug-likeness (QED) is 0.429. The second kappa shape index (κ2) is 9.23. The van der Waals surface area contributed by atoms with Gasteiger partial charge >= 0.3 is 0 Å². The maximum absolute atomic E-state index is 13.1. The summed E-state index contributed by atoms with van der Waals surface area (Å²) in [5.74, 6) is 0.0735. The molecule has 31 heavy (non-hydrogen) atoms. The van der Waals surface area contributed by atoms with Crippen LogP contribution in [0.25, 0.3) is 23.1 Å². The van der Waals surface area contributed by atoms with Crippen molar-refractivity contribution in [2.45, 2.75) is 6.04 Å². The summed E-state index contributed by atoms with van der Waals surface area (Å²) in [6, 6.07) is 16.1. The molecule has 2 aromatic carbocycles. The third-order valence-corrected chi connectivity index (χ3v) is 4.97. The van der Waals surface area contributed by atoms with E-state index < -0.39 is 6.04 Å². The number of hydrogen-bond acceptors (Lipinski definition) is 5. The molecule has 1 atom stereocenters. The molecule has 0 fully saturated rings. The van der Waals surface area contributed by atoms with Crippen LogP contribution in [-0.4, -0.2) is 39.9 Å². The van der Waals surface area contributed by atoms with Gasteiger partial charge in [0, 0.05) is 12.4 Å². The van der Waals surface area contributed by atoms with Crippen LogP contribution >= 0.6 is 0 Å². The fraction of sp³-hybridized carbons (Fsp3) is 0.125. The molecule has 0 saturated heterocycles. The second-order valence-corrected chi connectivity index (χ2v) is 6.92. The molecule has 0 radical (unpaired) electrons. The average Bonchev–Trinajstić information content (AvgIpc) is 3.25. The number of carbonyl (C=O) groups is 1. The van der Waals surface area contributed by atoms with Crippen LogP contribution in [0.5, 0.6) is 5.75 Å². The van der Waals surface area contributed by atoms with E-state index in [0.717, 1.165) is 16.6 Å². The molecule has 156 valence electrons. The molecule has 0 bridgehead atoms. The van der Waals surface area contributed by atoms with Crippen molar-refractivity contribution in [1.82, 2.24) is 20.5 Å². The molecule has 4 aromatic rings. The van der Waals surface area contributed by atoms with Crippen molar-refractivity contribution in [2.75, 3.05) is 13.7 Å². The summed E-state index contributed by atoms with van der Waals surface area (Å²) in [5.41, 5.74) is 3.51. The summed E-state index contributed by atoms with van der Waals surface area (Å²) in [6.07, 6.45) is 7.21. The lowest BCUT2D eigenvalue weighted by molar-refractivity contribution is 0.0913. The molecule has 0 saturated carbocycles. The molecule has 0 spiro atoms. The lowest BCUT2D eigenvalue weighted by Gasteiger charge is -2.18. The number of carbonyl (C=O) groups excluding carboxylic acids is 1. The highest BCUT2D eigenvalue weighted by atomic mass is 16.5. The van der Waals surface area contributed by atoms with Crippen LogP contribution in [0.15, 0.2) is 67.0 Å². The Labute approximate surface area is 179 Å². The number of aromatic nitrogens is 3. The number of aliphatic hydroxyl groups is 1. The van der Waals surface area contributed by atoms with E-state index in [4.69, 9.17) is 4.74 Å². The Morgan fingerprint density at radius 3 is 2.71 bits per heavy atom. The number of H-pyrrole nitrogens is 1. The minimum Gasteiger partial charge on any atom is -0.495 e. The van der Waals surface area contributed by atoms with E-state index in [1.54, 1.807) is 24.5 Å². The van der Waals surface area contributed by atoms with Gasteiger partial charge in [0.25, 0.3) is 5.91 Å². The molecule has 0 unspecified atom stereocenters. The fourth-order valence-electron chi connectivity index (χ4n) is 3.42. The van der Waals surface area contributed by atoms with Crippen LogP contribution in [0.4, 0.5) is 0 Å². The molecule has 1 amide bonds. The Morgan fingerprint density at radius 2 is 2.00 bits per heavy atom. The average molecular weight is 414 g/mol. The van der Waals surface area contributed by atoms with Gasteiger partial charge in [-0.05, 0) is 35.4 Å². The summed E-state index contributed by atoms with van der Waals surface area (Å²) >= 11 is 0. The number of aliphatic hydroxyl groups excluding tert-OH is 1. The lowest BCUT2D eigenvalue weighted by Crippen LogP contribution is -2.31. The Balaban J connectivity index is 1.68. The molecule has 7 heteroatoms. The predicted molar refractivity (Wildman–Crippen MR) is 120 cm³/mol. The van der Waals surface area contributed by atoms with Crippen LogP contribution in [0, 0.1) is 0 Å². The highest BCUT2D eigenvalue weighted by molar-refractivity contribution is 6.05.